The summed E-state index contributed by atoms with van der Waals surface area (Å²) in [7, 11) is -4.21. The van der Waals surface area contributed by atoms with Crippen molar-refractivity contribution in [2.24, 2.45) is 0 Å². The van der Waals surface area contributed by atoms with Crippen molar-refractivity contribution in [1.29, 1.82) is 0 Å². The first kappa shape index (κ1) is 22.8. The van der Waals surface area contributed by atoms with Crippen LogP contribution in [0.25, 0.3) is 0 Å². The van der Waals surface area contributed by atoms with Crippen LogP contribution in [0.3, 0.4) is 0 Å². The molecule has 0 atom stereocenters. The summed E-state index contributed by atoms with van der Waals surface area (Å²) in [5.74, 6) is -0.364. The number of nitrogens with one attached hydrogen (secondary N) is 1. The third-order valence-electron chi connectivity index (χ3n) is 4.78. The van der Waals surface area contributed by atoms with Gasteiger partial charge in [0.15, 0.2) is 5.71 Å². The van der Waals surface area contributed by atoms with E-state index >= 15 is 0 Å². The van der Waals surface area contributed by atoms with Gasteiger partial charge in [-0.25, -0.2) is 13.0 Å². The maximum absolute atomic E-state index is 11.0. The molecular weight excluding hydrogens is 383 g/mol. The third kappa shape index (κ3) is 5.33. The molecule has 0 bridgehead atoms. The summed E-state index contributed by atoms with van der Waals surface area (Å²) in [5, 5.41) is 3.26. The van der Waals surface area contributed by atoms with Gasteiger partial charge in [0.2, 0.25) is 0 Å². The molecule has 1 aliphatic heterocycles. The Bertz CT molecular complexity index is 984. The molecule has 0 radical (unpaired) electrons. The van der Waals surface area contributed by atoms with Crippen LogP contribution in [-0.2, 0) is 15.5 Å². The molecule has 1 N–H and O–H groups in total. The predicted octanol–water partition coefficient (Wildman–Crippen LogP) is 0.428. The zero-order valence-corrected chi connectivity index (χ0v) is 19.3. The largest absolute Gasteiger partial charge is 1.00 e. The Morgan fingerprint density at radius 2 is 1.93 bits per heavy atom. The molecule has 0 unspecified atom stereocenters. The van der Waals surface area contributed by atoms with Crippen LogP contribution in [0.4, 0.5) is 11.4 Å². The van der Waals surface area contributed by atoms with E-state index in [1.165, 1.54) is 0 Å². The van der Waals surface area contributed by atoms with Crippen LogP contribution in [0.15, 0.2) is 60.8 Å². The van der Waals surface area contributed by atoms with E-state index in [2.05, 4.69) is 29.8 Å². The number of nitrogens with zero attached hydrogens (tertiary/aromatic N) is 1. The average Bonchev–Trinajstić information content (AvgIpc) is 2.83. The van der Waals surface area contributed by atoms with Crippen molar-refractivity contribution in [1.82, 2.24) is 0 Å². The van der Waals surface area contributed by atoms with Crippen LogP contribution in [0.5, 0.6) is 0 Å². The van der Waals surface area contributed by atoms with Gasteiger partial charge in [0.1, 0.15) is 12.2 Å². The van der Waals surface area contributed by atoms with Gasteiger partial charge in [0.25, 0.3) is 0 Å². The van der Waals surface area contributed by atoms with Crippen molar-refractivity contribution < 1.29 is 47.1 Å². The SMILES string of the molecule is CC1(C)C(/C=C/Nc2ccccc2)=[N+](CCCS(=O)(=O)[O-])c2cc[c-]cc21.[Na+]. The molecule has 142 valence electrons. The molecule has 28 heavy (non-hydrogen) atoms. The molecule has 0 spiro atoms. The van der Waals surface area contributed by atoms with E-state index in [1.54, 1.807) is 0 Å². The van der Waals surface area contributed by atoms with Crippen molar-refractivity contribution in [2.45, 2.75) is 25.7 Å². The normalized spacial score (nSPS) is 15.4. The van der Waals surface area contributed by atoms with E-state index in [-0.39, 0.29) is 47.1 Å². The second kappa shape index (κ2) is 9.37. The Hall–Kier alpha value is -1.44. The van der Waals surface area contributed by atoms with Gasteiger partial charge >= 0.3 is 29.6 Å². The molecular formula is C21H23N2NaO3S. The molecule has 0 saturated carbocycles. The van der Waals surface area contributed by atoms with Gasteiger partial charge in [-0.3, -0.25) is 0 Å². The number of anilines is 1. The summed E-state index contributed by atoms with van der Waals surface area (Å²) in [6.07, 6.45) is 4.18. The molecule has 0 fully saturated rings. The van der Waals surface area contributed by atoms with Crippen LogP contribution in [0.1, 0.15) is 25.8 Å². The first-order valence-electron chi connectivity index (χ1n) is 8.86. The minimum Gasteiger partial charge on any atom is -0.748 e. The third-order valence-corrected chi connectivity index (χ3v) is 5.57. The first-order chi connectivity index (χ1) is 12.8. The fourth-order valence-electron chi connectivity index (χ4n) is 3.45. The number of para-hydroxylation sites is 1. The van der Waals surface area contributed by atoms with Crippen molar-refractivity contribution >= 4 is 27.2 Å². The Morgan fingerprint density at radius 3 is 2.61 bits per heavy atom. The molecule has 0 amide bonds. The minimum atomic E-state index is -4.21. The standard InChI is InChI=1S/C21H23N2O3S.Na/c1-21(2)18-11-6-7-12-19(18)23(15-8-16-27(24,25)26)20(21)13-14-22-17-9-4-3-5-10-17;/h3-5,7,9-14H,8,15-16H2,1-2H3,(H,24,25,26);/q-1;+1. The van der Waals surface area contributed by atoms with E-state index in [4.69, 9.17) is 0 Å². The molecule has 1 aliphatic rings. The Morgan fingerprint density at radius 1 is 1.21 bits per heavy atom. The van der Waals surface area contributed by atoms with Crippen molar-refractivity contribution in [3.8, 4) is 0 Å². The van der Waals surface area contributed by atoms with Gasteiger partial charge in [0, 0.05) is 35.6 Å². The zero-order valence-electron chi connectivity index (χ0n) is 16.5. The van der Waals surface area contributed by atoms with Crippen molar-refractivity contribution in [3.63, 3.8) is 0 Å². The molecule has 2 aromatic carbocycles. The summed E-state index contributed by atoms with van der Waals surface area (Å²) in [4.78, 5) is 0. The van der Waals surface area contributed by atoms with Crippen molar-refractivity contribution in [3.05, 3.63) is 72.4 Å². The average molecular weight is 406 g/mol. The number of rotatable bonds is 7. The summed E-state index contributed by atoms with van der Waals surface area (Å²) in [5.41, 5.74) is 3.94. The monoisotopic (exact) mass is 406 g/mol. The summed E-state index contributed by atoms with van der Waals surface area (Å²) in [6, 6.07) is 18.8. The second-order valence-electron chi connectivity index (χ2n) is 7.06. The van der Waals surface area contributed by atoms with Gasteiger partial charge in [-0.2, -0.15) is 18.2 Å². The van der Waals surface area contributed by atoms with Crippen LogP contribution in [0, 0.1) is 6.07 Å². The molecule has 0 saturated heterocycles. The zero-order chi connectivity index (χ0) is 19.5. The topological polar surface area (TPSA) is 72.2 Å². The maximum Gasteiger partial charge on any atom is 1.00 e. The van der Waals surface area contributed by atoms with Gasteiger partial charge in [-0.1, -0.05) is 37.6 Å². The Kier molecular flexibility index (Phi) is 7.65. The first-order valence-corrected chi connectivity index (χ1v) is 10.4. The minimum absolute atomic E-state index is 0. The van der Waals surface area contributed by atoms with E-state index in [9.17, 15) is 13.0 Å². The fraction of sp³-hybridized carbons (Fsp3) is 0.286. The quantitative estimate of drug-likeness (QED) is 0.313. The molecule has 2 aromatic rings. The summed E-state index contributed by atoms with van der Waals surface area (Å²) >= 11 is 0. The van der Waals surface area contributed by atoms with Crippen LogP contribution >= 0.6 is 0 Å². The Balaban J connectivity index is 0.00000280. The predicted molar refractivity (Wildman–Crippen MR) is 106 cm³/mol. The van der Waals surface area contributed by atoms with E-state index in [0.29, 0.717) is 6.54 Å². The smallest absolute Gasteiger partial charge is 0.748 e. The molecule has 7 heteroatoms. The fourth-order valence-corrected chi connectivity index (χ4v) is 3.94. The van der Waals surface area contributed by atoms with Gasteiger partial charge < -0.3 is 9.87 Å². The second-order valence-corrected chi connectivity index (χ2v) is 8.59. The van der Waals surface area contributed by atoms with Crippen LogP contribution < -0.4 is 34.9 Å². The molecule has 3 rings (SSSR count). The summed E-state index contributed by atoms with van der Waals surface area (Å²) < 4.78 is 35.0. The Labute approximate surface area is 189 Å². The maximum atomic E-state index is 11.0. The molecule has 0 aliphatic carbocycles. The molecule has 5 nitrogen and oxygen atoms in total. The number of benzene rings is 2. The van der Waals surface area contributed by atoms with Crippen molar-refractivity contribution in [2.75, 3.05) is 17.6 Å². The number of hydrogen-bond acceptors (Lipinski definition) is 4. The van der Waals surface area contributed by atoms with Crippen LogP contribution in [0.2, 0.25) is 0 Å². The molecule has 1 heterocycles. The van der Waals surface area contributed by atoms with Gasteiger partial charge in [0.05, 0.1) is 10.1 Å². The van der Waals surface area contributed by atoms with Gasteiger partial charge in [-0.15, -0.1) is 6.07 Å². The number of hydrogen-bond donors (Lipinski definition) is 1. The number of allylic oxidation sites excluding steroid dienone is 1. The summed E-state index contributed by atoms with van der Waals surface area (Å²) in [6.45, 7) is 4.73. The van der Waals surface area contributed by atoms with E-state index in [0.717, 1.165) is 22.6 Å². The molecule has 0 aromatic heterocycles. The van der Waals surface area contributed by atoms with Crippen LogP contribution in [-0.4, -0.2) is 35.6 Å². The van der Waals surface area contributed by atoms with E-state index in [1.807, 2.05) is 60.8 Å². The number of fused-ring (bicyclic) bond motifs is 1. The van der Waals surface area contributed by atoms with E-state index < -0.39 is 10.1 Å². The van der Waals surface area contributed by atoms with Gasteiger partial charge in [-0.05, 0) is 12.1 Å².